The standard InChI is InChI=1S/C12H8N4O2/c13-6-8-5-9(7-1-3-15-4-2-7)10(11(14)17)16-12(8)18/h1-5H,(H2,14,17)(H,16,18). The smallest absolute Gasteiger partial charge is 0.266 e. The Morgan fingerprint density at radius 1 is 1.39 bits per heavy atom. The summed E-state index contributed by atoms with van der Waals surface area (Å²) in [5.74, 6) is -0.761. The van der Waals surface area contributed by atoms with Crippen LogP contribution in [0.5, 0.6) is 0 Å². The number of carbonyl (C=O) groups excluding carboxylic acids is 1. The monoisotopic (exact) mass is 240 g/mol. The van der Waals surface area contributed by atoms with Crippen LogP contribution in [0.25, 0.3) is 11.1 Å². The largest absolute Gasteiger partial charge is 0.364 e. The van der Waals surface area contributed by atoms with Gasteiger partial charge >= 0.3 is 0 Å². The van der Waals surface area contributed by atoms with Gasteiger partial charge in [0.25, 0.3) is 11.5 Å². The number of carbonyl (C=O) groups is 1. The molecule has 88 valence electrons. The van der Waals surface area contributed by atoms with E-state index in [0.717, 1.165) is 0 Å². The fourth-order valence-electron chi connectivity index (χ4n) is 1.57. The summed E-state index contributed by atoms with van der Waals surface area (Å²) in [6, 6.07) is 6.41. The molecule has 0 spiro atoms. The van der Waals surface area contributed by atoms with E-state index in [4.69, 9.17) is 11.0 Å². The number of nitrogens with one attached hydrogen (secondary N) is 1. The minimum atomic E-state index is -0.761. The molecular formula is C12H8N4O2. The fourth-order valence-corrected chi connectivity index (χ4v) is 1.57. The topological polar surface area (TPSA) is 113 Å². The molecule has 0 aliphatic carbocycles. The second-order valence-electron chi connectivity index (χ2n) is 3.51. The maximum atomic E-state index is 11.5. The summed E-state index contributed by atoms with van der Waals surface area (Å²) in [5, 5.41) is 8.82. The molecule has 0 aliphatic heterocycles. The number of rotatable bonds is 2. The average molecular weight is 240 g/mol. The molecule has 6 nitrogen and oxygen atoms in total. The number of aromatic nitrogens is 2. The molecule has 0 unspecified atom stereocenters. The van der Waals surface area contributed by atoms with E-state index in [1.54, 1.807) is 18.2 Å². The number of aromatic amines is 1. The minimum absolute atomic E-state index is 0.0230. The third-order valence-electron chi connectivity index (χ3n) is 2.40. The van der Waals surface area contributed by atoms with Crippen LogP contribution in [-0.4, -0.2) is 15.9 Å². The van der Waals surface area contributed by atoms with Gasteiger partial charge < -0.3 is 10.7 Å². The van der Waals surface area contributed by atoms with E-state index in [-0.39, 0.29) is 11.3 Å². The van der Waals surface area contributed by atoms with Gasteiger partial charge in [0.05, 0.1) is 0 Å². The van der Waals surface area contributed by atoms with Crippen molar-refractivity contribution in [3.63, 3.8) is 0 Å². The molecule has 0 bridgehead atoms. The van der Waals surface area contributed by atoms with E-state index >= 15 is 0 Å². The second-order valence-corrected chi connectivity index (χ2v) is 3.51. The molecule has 0 aliphatic rings. The van der Waals surface area contributed by atoms with Crippen molar-refractivity contribution in [3.8, 4) is 17.2 Å². The number of hydrogen-bond donors (Lipinski definition) is 2. The highest BCUT2D eigenvalue weighted by Gasteiger charge is 2.14. The molecule has 3 N–H and O–H groups in total. The van der Waals surface area contributed by atoms with Crippen LogP contribution in [-0.2, 0) is 0 Å². The molecule has 2 rings (SSSR count). The van der Waals surface area contributed by atoms with Crippen LogP contribution in [0.15, 0.2) is 35.4 Å². The third kappa shape index (κ3) is 1.97. The maximum absolute atomic E-state index is 11.5. The zero-order chi connectivity index (χ0) is 13.1. The van der Waals surface area contributed by atoms with Gasteiger partial charge in [-0.05, 0) is 23.8 Å². The van der Waals surface area contributed by atoms with E-state index in [9.17, 15) is 9.59 Å². The number of amides is 1. The maximum Gasteiger partial charge on any atom is 0.266 e. The Bertz CT molecular complexity index is 698. The van der Waals surface area contributed by atoms with Crippen LogP contribution < -0.4 is 11.3 Å². The molecule has 0 radical (unpaired) electrons. The molecule has 0 aromatic carbocycles. The van der Waals surface area contributed by atoms with Crippen molar-refractivity contribution < 1.29 is 4.79 Å². The van der Waals surface area contributed by atoms with Crippen molar-refractivity contribution in [1.29, 1.82) is 5.26 Å². The van der Waals surface area contributed by atoms with Crippen LogP contribution >= 0.6 is 0 Å². The van der Waals surface area contributed by atoms with Gasteiger partial charge in [-0.1, -0.05) is 0 Å². The first-order chi connectivity index (χ1) is 8.63. The number of hydrogen-bond acceptors (Lipinski definition) is 4. The Kier molecular flexibility index (Phi) is 2.89. The van der Waals surface area contributed by atoms with E-state index in [0.29, 0.717) is 11.1 Å². The lowest BCUT2D eigenvalue weighted by molar-refractivity contribution is 0.0996. The Balaban J connectivity index is 2.77. The number of pyridine rings is 2. The SMILES string of the molecule is N#Cc1cc(-c2ccncc2)c(C(N)=O)[nH]c1=O. The summed E-state index contributed by atoms with van der Waals surface area (Å²) in [7, 11) is 0. The zero-order valence-electron chi connectivity index (χ0n) is 9.18. The van der Waals surface area contributed by atoms with E-state index < -0.39 is 11.5 Å². The lowest BCUT2D eigenvalue weighted by atomic mass is 10.0. The number of nitriles is 1. The van der Waals surface area contributed by atoms with Gasteiger partial charge in [-0.25, -0.2) is 0 Å². The lowest BCUT2D eigenvalue weighted by Gasteiger charge is -2.06. The first-order valence-corrected chi connectivity index (χ1v) is 5.01. The Morgan fingerprint density at radius 2 is 2.06 bits per heavy atom. The van der Waals surface area contributed by atoms with Crippen molar-refractivity contribution in [3.05, 3.63) is 52.2 Å². The minimum Gasteiger partial charge on any atom is -0.364 e. The first-order valence-electron chi connectivity index (χ1n) is 5.01. The molecule has 0 saturated heterocycles. The number of H-pyrrole nitrogens is 1. The summed E-state index contributed by atoms with van der Waals surface area (Å²) in [5.41, 5.74) is 5.52. The summed E-state index contributed by atoms with van der Waals surface area (Å²) < 4.78 is 0. The van der Waals surface area contributed by atoms with Crippen molar-refractivity contribution in [2.24, 2.45) is 5.73 Å². The van der Waals surface area contributed by atoms with Crippen LogP contribution in [0.1, 0.15) is 16.1 Å². The highest BCUT2D eigenvalue weighted by molar-refractivity contribution is 5.98. The highest BCUT2D eigenvalue weighted by Crippen LogP contribution is 2.21. The van der Waals surface area contributed by atoms with Gasteiger partial charge in [0.2, 0.25) is 0 Å². The van der Waals surface area contributed by atoms with Gasteiger partial charge in [-0.2, -0.15) is 5.26 Å². The Hall–Kier alpha value is -2.94. The van der Waals surface area contributed by atoms with Crippen LogP contribution in [0.2, 0.25) is 0 Å². The molecule has 0 fully saturated rings. The first kappa shape index (κ1) is 11.5. The molecule has 2 aromatic rings. The highest BCUT2D eigenvalue weighted by atomic mass is 16.1. The lowest BCUT2D eigenvalue weighted by Crippen LogP contribution is -2.21. The van der Waals surface area contributed by atoms with Crippen molar-refractivity contribution in [1.82, 2.24) is 9.97 Å². The molecule has 0 saturated carbocycles. The van der Waals surface area contributed by atoms with E-state index in [1.807, 2.05) is 0 Å². The van der Waals surface area contributed by atoms with Crippen molar-refractivity contribution in [2.45, 2.75) is 0 Å². The molecule has 6 heteroatoms. The van der Waals surface area contributed by atoms with Crippen LogP contribution in [0.4, 0.5) is 0 Å². The summed E-state index contributed by atoms with van der Waals surface area (Å²) in [6.45, 7) is 0. The van der Waals surface area contributed by atoms with Gasteiger partial charge in [0.15, 0.2) is 0 Å². The summed E-state index contributed by atoms with van der Waals surface area (Å²) >= 11 is 0. The predicted octanol–water partition coefficient (Wildman–Crippen LogP) is 0.407. The summed E-state index contributed by atoms with van der Waals surface area (Å²) in [4.78, 5) is 28.9. The molecule has 1 amide bonds. The fraction of sp³-hybridized carbons (Fsp3) is 0. The number of primary amides is 1. The Morgan fingerprint density at radius 3 is 2.61 bits per heavy atom. The molecular weight excluding hydrogens is 232 g/mol. The number of nitrogens with two attached hydrogens (primary N) is 1. The van der Waals surface area contributed by atoms with Gasteiger partial charge in [0, 0.05) is 18.0 Å². The Labute approximate surface area is 102 Å². The number of nitrogens with zero attached hydrogens (tertiary/aromatic N) is 2. The van der Waals surface area contributed by atoms with Gasteiger partial charge in [-0.3, -0.25) is 14.6 Å². The third-order valence-corrected chi connectivity index (χ3v) is 2.40. The van der Waals surface area contributed by atoms with Crippen molar-refractivity contribution in [2.75, 3.05) is 0 Å². The second kappa shape index (κ2) is 4.51. The predicted molar refractivity (Wildman–Crippen MR) is 63.5 cm³/mol. The van der Waals surface area contributed by atoms with Crippen molar-refractivity contribution >= 4 is 5.91 Å². The van der Waals surface area contributed by atoms with Crippen LogP contribution in [0, 0.1) is 11.3 Å². The molecule has 2 heterocycles. The van der Waals surface area contributed by atoms with Crippen LogP contribution in [0.3, 0.4) is 0 Å². The average Bonchev–Trinajstić information content (AvgIpc) is 2.39. The zero-order valence-corrected chi connectivity index (χ0v) is 9.18. The molecule has 2 aromatic heterocycles. The van der Waals surface area contributed by atoms with Gasteiger partial charge in [0.1, 0.15) is 17.3 Å². The molecule has 18 heavy (non-hydrogen) atoms. The van der Waals surface area contributed by atoms with E-state index in [2.05, 4.69) is 9.97 Å². The van der Waals surface area contributed by atoms with Gasteiger partial charge in [-0.15, -0.1) is 0 Å². The quantitative estimate of drug-likeness (QED) is 0.791. The molecule has 0 atom stereocenters. The van der Waals surface area contributed by atoms with E-state index in [1.165, 1.54) is 18.5 Å². The summed E-state index contributed by atoms with van der Waals surface area (Å²) in [6.07, 6.45) is 3.08. The normalized spacial score (nSPS) is 9.72.